The van der Waals surface area contributed by atoms with Gasteiger partial charge in [-0.3, -0.25) is 0 Å². The van der Waals surface area contributed by atoms with Crippen LogP contribution in [0.3, 0.4) is 0 Å². The number of likely N-dealkylation sites (tertiary alicyclic amines) is 1. The SMILES string of the molecule is CC(C)(C)OC(=O)N1CCC(COc2ncnc3sc4c(c23)[C@@H](CO)CC4)CC1. The molecule has 29 heavy (non-hydrogen) atoms. The molecule has 8 heteroatoms. The van der Waals surface area contributed by atoms with E-state index in [1.54, 1.807) is 22.6 Å². The molecule has 1 aliphatic heterocycles. The minimum atomic E-state index is -0.470. The molecule has 1 N–H and O–H groups in total. The Morgan fingerprint density at radius 1 is 1.28 bits per heavy atom. The summed E-state index contributed by atoms with van der Waals surface area (Å²) in [6, 6.07) is 0. The van der Waals surface area contributed by atoms with Gasteiger partial charge in [-0.25, -0.2) is 14.8 Å². The molecule has 2 aliphatic rings. The van der Waals surface area contributed by atoms with Crippen LogP contribution < -0.4 is 4.74 Å². The molecule has 2 aromatic rings. The smallest absolute Gasteiger partial charge is 0.410 e. The first-order valence-corrected chi connectivity index (χ1v) is 11.1. The first kappa shape index (κ1) is 20.3. The predicted octanol–water partition coefficient (Wildman–Crippen LogP) is 3.74. The number of amides is 1. The molecule has 2 aromatic heterocycles. The molecular formula is C21H29N3O4S. The maximum Gasteiger partial charge on any atom is 0.410 e. The van der Waals surface area contributed by atoms with Gasteiger partial charge in [-0.15, -0.1) is 11.3 Å². The highest BCUT2D eigenvalue weighted by molar-refractivity contribution is 7.19. The van der Waals surface area contributed by atoms with Gasteiger partial charge in [0.1, 0.15) is 16.8 Å². The van der Waals surface area contributed by atoms with Gasteiger partial charge in [0.15, 0.2) is 0 Å². The number of carbonyl (C=O) groups excluding carboxylic acids is 1. The molecular weight excluding hydrogens is 390 g/mol. The average molecular weight is 420 g/mol. The van der Waals surface area contributed by atoms with Crippen molar-refractivity contribution in [2.75, 3.05) is 26.3 Å². The number of aryl methyl sites for hydroxylation is 1. The van der Waals surface area contributed by atoms with E-state index in [4.69, 9.17) is 9.47 Å². The topological polar surface area (TPSA) is 84.8 Å². The summed E-state index contributed by atoms with van der Waals surface area (Å²) in [5.41, 5.74) is 0.714. The van der Waals surface area contributed by atoms with Crippen LogP contribution in [0.25, 0.3) is 10.2 Å². The van der Waals surface area contributed by atoms with Gasteiger partial charge >= 0.3 is 6.09 Å². The number of hydrogen-bond donors (Lipinski definition) is 1. The minimum absolute atomic E-state index is 0.149. The minimum Gasteiger partial charge on any atom is -0.477 e. The highest BCUT2D eigenvalue weighted by atomic mass is 32.1. The number of thiophene rings is 1. The number of aliphatic hydroxyl groups excluding tert-OH is 1. The zero-order chi connectivity index (χ0) is 20.6. The van der Waals surface area contributed by atoms with Gasteiger partial charge in [0.2, 0.25) is 5.88 Å². The van der Waals surface area contributed by atoms with Crippen LogP contribution in [0, 0.1) is 5.92 Å². The average Bonchev–Trinajstić information content (AvgIpc) is 3.24. The van der Waals surface area contributed by atoms with Crippen molar-refractivity contribution in [2.45, 2.75) is 58.0 Å². The van der Waals surface area contributed by atoms with E-state index in [0.29, 0.717) is 31.5 Å². The molecule has 1 atom stereocenters. The largest absolute Gasteiger partial charge is 0.477 e. The number of rotatable bonds is 4. The van der Waals surface area contributed by atoms with Gasteiger partial charge in [-0.05, 0) is 57.9 Å². The fraction of sp³-hybridized carbons (Fsp3) is 0.667. The Kier molecular flexibility index (Phi) is 5.66. The maximum absolute atomic E-state index is 12.2. The number of aromatic nitrogens is 2. The molecule has 1 fully saturated rings. The van der Waals surface area contributed by atoms with Crippen LogP contribution in [0.1, 0.15) is 56.4 Å². The van der Waals surface area contributed by atoms with E-state index in [0.717, 1.165) is 35.9 Å². The van der Waals surface area contributed by atoms with E-state index in [1.807, 2.05) is 20.8 Å². The van der Waals surface area contributed by atoms with Gasteiger partial charge in [0.25, 0.3) is 0 Å². The van der Waals surface area contributed by atoms with E-state index in [2.05, 4.69) is 9.97 Å². The van der Waals surface area contributed by atoms with E-state index in [1.165, 1.54) is 10.4 Å². The maximum atomic E-state index is 12.2. The lowest BCUT2D eigenvalue weighted by molar-refractivity contribution is 0.0164. The van der Waals surface area contributed by atoms with Gasteiger partial charge < -0.3 is 19.5 Å². The second kappa shape index (κ2) is 8.07. The normalized spacial score (nSPS) is 20.1. The third-order valence-corrected chi connectivity index (χ3v) is 6.81. The first-order chi connectivity index (χ1) is 13.9. The van der Waals surface area contributed by atoms with Gasteiger partial charge in [0.05, 0.1) is 18.6 Å². The Bertz CT molecular complexity index is 884. The van der Waals surface area contributed by atoms with E-state index >= 15 is 0 Å². The summed E-state index contributed by atoms with van der Waals surface area (Å²) in [6.45, 7) is 7.74. The number of aliphatic hydroxyl groups is 1. The van der Waals surface area contributed by atoms with Crippen molar-refractivity contribution >= 4 is 27.6 Å². The van der Waals surface area contributed by atoms with Crippen LogP contribution in [-0.4, -0.2) is 58.0 Å². The molecule has 1 aliphatic carbocycles. The number of nitrogens with zero attached hydrogens (tertiary/aromatic N) is 3. The fourth-order valence-corrected chi connectivity index (χ4v) is 5.37. The number of carbonyl (C=O) groups is 1. The van der Waals surface area contributed by atoms with E-state index < -0.39 is 5.60 Å². The standard InChI is InChI=1S/C21H29N3O4S/c1-21(2,3)28-20(26)24-8-6-13(7-9-24)11-27-18-17-16-14(10-25)4-5-15(16)29-19(17)23-12-22-18/h12-14,25H,4-11H2,1-3H3/t14-/m1/s1. The molecule has 158 valence electrons. The Balaban J connectivity index is 1.38. The van der Waals surface area contributed by atoms with Crippen molar-refractivity contribution < 1.29 is 19.4 Å². The monoisotopic (exact) mass is 419 g/mol. The number of piperidine rings is 1. The summed E-state index contributed by atoms with van der Waals surface area (Å²) in [4.78, 5) is 25.1. The zero-order valence-electron chi connectivity index (χ0n) is 17.3. The quantitative estimate of drug-likeness (QED) is 0.813. The van der Waals surface area contributed by atoms with Gasteiger partial charge in [0, 0.05) is 23.9 Å². The molecule has 0 saturated carbocycles. The zero-order valence-corrected chi connectivity index (χ0v) is 18.1. The lowest BCUT2D eigenvalue weighted by Crippen LogP contribution is -2.42. The summed E-state index contributed by atoms with van der Waals surface area (Å²) < 4.78 is 11.6. The van der Waals surface area contributed by atoms with E-state index in [9.17, 15) is 9.90 Å². The Labute approximate surface area is 175 Å². The first-order valence-electron chi connectivity index (χ1n) is 10.3. The molecule has 0 unspecified atom stereocenters. The lowest BCUT2D eigenvalue weighted by atomic mass is 9.98. The highest BCUT2D eigenvalue weighted by Crippen LogP contribution is 2.45. The van der Waals surface area contributed by atoms with Gasteiger partial charge in [-0.1, -0.05) is 0 Å². The Hall–Kier alpha value is -1.93. The third kappa shape index (κ3) is 4.33. The summed E-state index contributed by atoms with van der Waals surface area (Å²) in [6.07, 6.45) is 5.05. The number of fused-ring (bicyclic) bond motifs is 3. The molecule has 1 saturated heterocycles. The molecule has 0 radical (unpaired) electrons. The van der Waals surface area contributed by atoms with Crippen LogP contribution in [0.2, 0.25) is 0 Å². The van der Waals surface area contributed by atoms with Crippen molar-refractivity contribution in [3.63, 3.8) is 0 Å². The number of hydrogen-bond acceptors (Lipinski definition) is 7. The number of ether oxygens (including phenoxy) is 2. The van der Waals surface area contributed by atoms with Crippen LogP contribution >= 0.6 is 11.3 Å². The van der Waals surface area contributed by atoms with Crippen LogP contribution in [-0.2, 0) is 11.2 Å². The second-order valence-electron chi connectivity index (χ2n) is 8.94. The van der Waals surface area contributed by atoms with Crippen LogP contribution in [0.15, 0.2) is 6.33 Å². The van der Waals surface area contributed by atoms with Crippen molar-refractivity contribution in [2.24, 2.45) is 5.92 Å². The summed E-state index contributed by atoms with van der Waals surface area (Å²) in [5.74, 6) is 1.16. The van der Waals surface area contributed by atoms with Gasteiger partial charge in [-0.2, -0.15) is 0 Å². The molecule has 7 nitrogen and oxygen atoms in total. The molecule has 4 rings (SSSR count). The molecule has 3 heterocycles. The van der Waals surface area contributed by atoms with Crippen molar-refractivity contribution in [3.05, 3.63) is 16.8 Å². The Morgan fingerprint density at radius 3 is 2.72 bits per heavy atom. The van der Waals surface area contributed by atoms with Crippen molar-refractivity contribution in [3.8, 4) is 5.88 Å². The van der Waals surface area contributed by atoms with Crippen LogP contribution in [0.4, 0.5) is 4.79 Å². The molecule has 0 bridgehead atoms. The summed E-state index contributed by atoms with van der Waals surface area (Å²) >= 11 is 1.69. The third-order valence-electron chi connectivity index (χ3n) is 5.64. The van der Waals surface area contributed by atoms with Crippen molar-refractivity contribution in [1.82, 2.24) is 14.9 Å². The highest BCUT2D eigenvalue weighted by Gasteiger charge is 2.31. The Morgan fingerprint density at radius 2 is 2.03 bits per heavy atom. The molecule has 0 spiro atoms. The summed E-state index contributed by atoms with van der Waals surface area (Å²) in [7, 11) is 0. The fourth-order valence-electron chi connectivity index (χ4n) is 4.14. The van der Waals surface area contributed by atoms with E-state index in [-0.39, 0.29) is 18.6 Å². The van der Waals surface area contributed by atoms with Crippen LogP contribution in [0.5, 0.6) is 5.88 Å². The van der Waals surface area contributed by atoms with Crippen molar-refractivity contribution in [1.29, 1.82) is 0 Å². The predicted molar refractivity (Wildman–Crippen MR) is 112 cm³/mol. The second-order valence-corrected chi connectivity index (χ2v) is 10.0. The molecule has 0 aromatic carbocycles. The summed E-state index contributed by atoms with van der Waals surface area (Å²) in [5, 5.41) is 10.7. The lowest BCUT2D eigenvalue weighted by Gasteiger charge is -2.33. The molecule has 1 amide bonds.